The molecule has 0 aromatic carbocycles. The van der Waals surface area contributed by atoms with Gasteiger partial charge in [-0.15, -0.1) is 10.2 Å². The van der Waals surface area contributed by atoms with Crippen molar-refractivity contribution in [1.29, 1.82) is 0 Å². The molecule has 1 aromatic heterocycles. The maximum atomic E-state index is 12.4. The van der Waals surface area contributed by atoms with Gasteiger partial charge in [-0.2, -0.15) is 13.2 Å². The maximum absolute atomic E-state index is 12.4. The average molecular weight is 282 g/mol. The number of nitrogens with two attached hydrogens (primary N) is 1. The van der Waals surface area contributed by atoms with Gasteiger partial charge in [0.25, 0.3) is 0 Å². The van der Waals surface area contributed by atoms with Crippen LogP contribution in [0.15, 0.2) is 0 Å². The Hall–Kier alpha value is -0.890. The first-order chi connectivity index (χ1) is 8.14. The van der Waals surface area contributed by atoms with Crippen molar-refractivity contribution in [3.63, 3.8) is 0 Å². The van der Waals surface area contributed by atoms with Crippen LogP contribution in [0.4, 0.5) is 18.3 Å². The lowest BCUT2D eigenvalue weighted by Crippen LogP contribution is -2.35. The third-order valence-corrected chi connectivity index (χ3v) is 3.37. The molecular formula is C10H17F3N4S. The topological polar surface area (TPSA) is 63.8 Å². The van der Waals surface area contributed by atoms with Gasteiger partial charge in [0.15, 0.2) is 0 Å². The number of hydrogen-bond donors (Lipinski definition) is 2. The number of aromatic nitrogens is 2. The van der Waals surface area contributed by atoms with Gasteiger partial charge in [0.2, 0.25) is 10.1 Å². The molecule has 0 aliphatic heterocycles. The van der Waals surface area contributed by atoms with Crippen LogP contribution in [0.3, 0.4) is 0 Å². The van der Waals surface area contributed by atoms with Crippen LogP contribution in [0.25, 0.3) is 0 Å². The summed E-state index contributed by atoms with van der Waals surface area (Å²) in [6.07, 6.45) is -3.78. The Kier molecular flexibility index (Phi) is 4.55. The zero-order chi connectivity index (χ0) is 14.0. The van der Waals surface area contributed by atoms with Gasteiger partial charge in [0.1, 0.15) is 0 Å². The van der Waals surface area contributed by atoms with Crippen LogP contribution in [-0.4, -0.2) is 22.8 Å². The van der Waals surface area contributed by atoms with E-state index in [0.717, 1.165) is 0 Å². The van der Waals surface area contributed by atoms with Crippen LogP contribution in [0, 0.1) is 5.41 Å². The molecule has 0 bridgehead atoms. The fourth-order valence-corrected chi connectivity index (χ4v) is 2.10. The Balaban J connectivity index is 2.79. The van der Waals surface area contributed by atoms with E-state index in [1.807, 2.05) is 20.8 Å². The normalized spacial score (nSPS) is 14.6. The van der Waals surface area contributed by atoms with Crippen molar-refractivity contribution in [2.45, 2.75) is 39.4 Å². The summed E-state index contributed by atoms with van der Waals surface area (Å²) >= 11 is 0.511. The largest absolute Gasteiger partial charge is 0.445 e. The Morgan fingerprint density at radius 1 is 1.28 bits per heavy atom. The molecule has 4 nitrogen and oxygen atoms in total. The minimum atomic E-state index is -4.44. The van der Waals surface area contributed by atoms with Crippen molar-refractivity contribution >= 4 is 16.5 Å². The number of hydrogen-bond acceptors (Lipinski definition) is 5. The number of anilines is 1. The highest BCUT2D eigenvalue weighted by molar-refractivity contribution is 7.15. The molecule has 18 heavy (non-hydrogen) atoms. The summed E-state index contributed by atoms with van der Waals surface area (Å²) in [6.45, 7) is 6.43. The molecule has 0 spiro atoms. The number of nitrogens with one attached hydrogen (secondary N) is 1. The molecule has 1 unspecified atom stereocenters. The Bertz CT molecular complexity index is 383. The van der Waals surface area contributed by atoms with E-state index < -0.39 is 11.2 Å². The number of alkyl halides is 3. The smallest absolute Gasteiger partial charge is 0.357 e. The zero-order valence-electron chi connectivity index (χ0n) is 10.5. The van der Waals surface area contributed by atoms with Crippen LogP contribution >= 0.6 is 11.3 Å². The second kappa shape index (κ2) is 5.40. The van der Waals surface area contributed by atoms with Crippen LogP contribution in [0.2, 0.25) is 0 Å². The predicted octanol–water partition coefficient (Wildman–Crippen LogP) is 2.73. The van der Waals surface area contributed by atoms with Crippen LogP contribution < -0.4 is 11.1 Å². The highest BCUT2D eigenvalue weighted by atomic mass is 32.1. The Morgan fingerprint density at radius 2 is 1.89 bits per heavy atom. The van der Waals surface area contributed by atoms with E-state index in [9.17, 15) is 13.2 Å². The van der Waals surface area contributed by atoms with Gasteiger partial charge in [0.05, 0.1) is 0 Å². The van der Waals surface area contributed by atoms with Crippen LogP contribution in [-0.2, 0) is 6.18 Å². The summed E-state index contributed by atoms with van der Waals surface area (Å²) in [5, 5.41) is 8.86. The molecule has 0 fully saturated rings. The van der Waals surface area contributed by atoms with Gasteiger partial charge in [-0.05, 0) is 18.4 Å². The molecule has 0 saturated heterocycles. The Labute approximate surface area is 108 Å². The van der Waals surface area contributed by atoms with Crippen molar-refractivity contribution in [2.24, 2.45) is 11.1 Å². The minimum Gasteiger partial charge on any atom is -0.357 e. The molecule has 0 radical (unpaired) electrons. The molecule has 1 heterocycles. The highest BCUT2D eigenvalue weighted by Crippen LogP contribution is 2.34. The number of rotatable bonds is 4. The molecule has 1 atom stereocenters. The lowest BCUT2D eigenvalue weighted by atomic mass is 9.85. The fraction of sp³-hybridized carbons (Fsp3) is 0.800. The predicted molar refractivity (Wildman–Crippen MR) is 65.4 cm³/mol. The van der Waals surface area contributed by atoms with Crippen molar-refractivity contribution < 1.29 is 13.2 Å². The summed E-state index contributed by atoms with van der Waals surface area (Å²) in [7, 11) is 0. The summed E-state index contributed by atoms with van der Waals surface area (Å²) in [5.74, 6) is 0. The molecule has 0 amide bonds. The van der Waals surface area contributed by atoms with E-state index >= 15 is 0 Å². The Morgan fingerprint density at radius 3 is 2.28 bits per heavy atom. The lowest BCUT2D eigenvalue weighted by molar-refractivity contribution is -0.138. The van der Waals surface area contributed by atoms with Gasteiger partial charge in [-0.25, -0.2) is 0 Å². The summed E-state index contributed by atoms with van der Waals surface area (Å²) in [6, 6.07) is -0.0449. The average Bonchev–Trinajstić information content (AvgIpc) is 2.63. The van der Waals surface area contributed by atoms with Crippen molar-refractivity contribution in [3.05, 3.63) is 5.01 Å². The van der Waals surface area contributed by atoms with E-state index in [2.05, 4.69) is 15.5 Å². The van der Waals surface area contributed by atoms with Crippen LogP contribution in [0.1, 0.15) is 32.2 Å². The molecule has 1 aromatic rings. The first-order valence-electron chi connectivity index (χ1n) is 5.52. The van der Waals surface area contributed by atoms with Gasteiger partial charge < -0.3 is 11.1 Å². The second-order valence-corrected chi connectivity index (χ2v) is 6.03. The highest BCUT2D eigenvalue weighted by Gasteiger charge is 2.36. The molecular weight excluding hydrogens is 265 g/mol. The molecule has 104 valence electrons. The van der Waals surface area contributed by atoms with E-state index in [0.29, 0.717) is 24.3 Å². The van der Waals surface area contributed by atoms with Gasteiger partial charge in [0, 0.05) is 6.04 Å². The first kappa shape index (κ1) is 15.2. The zero-order valence-corrected chi connectivity index (χ0v) is 11.3. The second-order valence-electron chi connectivity index (χ2n) is 5.05. The SMILES string of the molecule is CC(C)(C)C(CCN)Nc1nnc(C(F)(F)F)s1. The summed E-state index contributed by atoms with van der Waals surface area (Å²) in [4.78, 5) is 0. The number of nitrogens with zero attached hydrogens (tertiary/aromatic N) is 2. The third kappa shape index (κ3) is 4.09. The van der Waals surface area contributed by atoms with Crippen LogP contribution in [0.5, 0.6) is 0 Å². The summed E-state index contributed by atoms with van der Waals surface area (Å²) < 4.78 is 37.1. The molecule has 0 aliphatic carbocycles. The molecule has 0 saturated carbocycles. The van der Waals surface area contributed by atoms with Crippen molar-refractivity contribution in [2.75, 3.05) is 11.9 Å². The van der Waals surface area contributed by atoms with Crippen molar-refractivity contribution in [1.82, 2.24) is 10.2 Å². The quantitative estimate of drug-likeness (QED) is 0.891. The first-order valence-corrected chi connectivity index (χ1v) is 6.33. The van der Waals surface area contributed by atoms with Gasteiger partial charge >= 0.3 is 6.18 Å². The molecule has 1 rings (SSSR count). The third-order valence-electron chi connectivity index (χ3n) is 2.47. The number of halogens is 3. The van der Waals surface area contributed by atoms with Gasteiger partial charge in [-0.1, -0.05) is 32.1 Å². The van der Waals surface area contributed by atoms with E-state index in [1.165, 1.54) is 0 Å². The molecule has 8 heteroatoms. The minimum absolute atomic E-state index is 0.0449. The van der Waals surface area contributed by atoms with Crippen molar-refractivity contribution in [3.8, 4) is 0 Å². The fourth-order valence-electron chi connectivity index (χ4n) is 1.43. The summed E-state index contributed by atoms with van der Waals surface area (Å²) in [5.41, 5.74) is 5.38. The van der Waals surface area contributed by atoms with E-state index in [-0.39, 0.29) is 16.6 Å². The van der Waals surface area contributed by atoms with E-state index in [1.54, 1.807) is 0 Å². The maximum Gasteiger partial charge on any atom is 0.445 e. The molecule has 3 N–H and O–H groups in total. The van der Waals surface area contributed by atoms with E-state index in [4.69, 9.17) is 5.73 Å². The standard InChI is InChI=1S/C10H17F3N4S/c1-9(2,3)6(4-5-14)15-8-17-16-7(18-8)10(11,12)13/h6H,4-5,14H2,1-3H3,(H,15,17). The lowest BCUT2D eigenvalue weighted by Gasteiger charge is -2.30. The monoisotopic (exact) mass is 282 g/mol. The van der Waals surface area contributed by atoms with Gasteiger partial charge in [-0.3, -0.25) is 0 Å². The molecule has 0 aliphatic rings.